The Balaban J connectivity index is 2.24. The molecule has 2 rings (SSSR count). The first-order chi connectivity index (χ1) is 9.65. The molecule has 20 heavy (non-hydrogen) atoms. The van der Waals surface area contributed by atoms with Crippen molar-refractivity contribution < 1.29 is 0 Å². The summed E-state index contributed by atoms with van der Waals surface area (Å²) in [5.41, 5.74) is 7.21. The average molecular weight is 315 g/mol. The van der Waals surface area contributed by atoms with Gasteiger partial charge in [0.05, 0.1) is 0 Å². The lowest BCUT2D eigenvalue weighted by Crippen LogP contribution is -2.44. The van der Waals surface area contributed by atoms with E-state index >= 15 is 0 Å². The van der Waals surface area contributed by atoms with Crippen LogP contribution in [0.25, 0.3) is 0 Å². The summed E-state index contributed by atoms with van der Waals surface area (Å²) < 4.78 is 0. The fraction of sp³-hybridized carbons (Fsp3) is 0.625. The molecule has 0 saturated carbocycles. The first kappa shape index (κ1) is 16.1. The first-order valence-corrected chi connectivity index (χ1v) is 8.33. The van der Waals surface area contributed by atoms with E-state index in [1.165, 1.54) is 32.1 Å². The summed E-state index contributed by atoms with van der Waals surface area (Å²) in [5.74, 6) is 0. The van der Waals surface area contributed by atoms with Gasteiger partial charge in [0.15, 0.2) is 0 Å². The topological polar surface area (TPSA) is 29.3 Å². The number of likely N-dealkylation sites (tertiary alicyclic amines) is 1. The van der Waals surface area contributed by atoms with Crippen molar-refractivity contribution in [2.75, 3.05) is 13.1 Å². The number of halogens is 2. The van der Waals surface area contributed by atoms with Crippen LogP contribution in [0.2, 0.25) is 10.0 Å². The Morgan fingerprint density at radius 3 is 2.55 bits per heavy atom. The zero-order chi connectivity index (χ0) is 14.5. The first-order valence-electron chi connectivity index (χ1n) is 7.57. The van der Waals surface area contributed by atoms with Crippen molar-refractivity contribution in [3.8, 4) is 0 Å². The predicted molar refractivity (Wildman–Crippen MR) is 87.5 cm³/mol. The van der Waals surface area contributed by atoms with Crippen molar-refractivity contribution >= 4 is 23.2 Å². The molecule has 0 aliphatic carbocycles. The van der Waals surface area contributed by atoms with Gasteiger partial charge in [-0.1, -0.05) is 43.0 Å². The van der Waals surface area contributed by atoms with Crippen molar-refractivity contribution in [3.05, 3.63) is 33.8 Å². The van der Waals surface area contributed by atoms with Crippen molar-refractivity contribution in [3.63, 3.8) is 0 Å². The van der Waals surface area contributed by atoms with E-state index in [0.717, 1.165) is 12.1 Å². The SMILES string of the molecule is CCCC1CCCCN1C(CN)c1cc(Cl)cc(Cl)c1. The number of nitrogens with two attached hydrogens (primary N) is 1. The highest BCUT2D eigenvalue weighted by Crippen LogP contribution is 2.32. The second kappa shape index (κ2) is 7.65. The molecule has 1 aliphatic heterocycles. The van der Waals surface area contributed by atoms with Crippen molar-refractivity contribution in [2.45, 2.75) is 51.1 Å². The van der Waals surface area contributed by atoms with Crippen molar-refractivity contribution in [1.82, 2.24) is 4.90 Å². The Labute approximate surface area is 132 Å². The summed E-state index contributed by atoms with van der Waals surface area (Å²) in [6.45, 7) is 3.98. The van der Waals surface area contributed by atoms with Gasteiger partial charge in [-0.2, -0.15) is 0 Å². The van der Waals surface area contributed by atoms with Gasteiger partial charge in [-0.3, -0.25) is 4.90 Å². The van der Waals surface area contributed by atoms with E-state index in [2.05, 4.69) is 11.8 Å². The predicted octanol–water partition coefficient (Wildman–Crippen LogP) is 4.65. The van der Waals surface area contributed by atoms with Crippen molar-refractivity contribution in [2.24, 2.45) is 5.73 Å². The third-order valence-corrected chi connectivity index (χ3v) is 4.62. The number of benzene rings is 1. The molecule has 2 unspecified atom stereocenters. The van der Waals surface area contributed by atoms with Gasteiger partial charge in [0.2, 0.25) is 0 Å². The molecule has 1 aliphatic rings. The number of rotatable bonds is 5. The number of piperidine rings is 1. The average Bonchev–Trinajstić information content (AvgIpc) is 2.41. The Morgan fingerprint density at radius 2 is 1.95 bits per heavy atom. The van der Waals surface area contributed by atoms with E-state index in [9.17, 15) is 0 Å². The molecule has 1 fully saturated rings. The Kier molecular flexibility index (Phi) is 6.16. The fourth-order valence-electron chi connectivity index (χ4n) is 3.31. The minimum atomic E-state index is 0.225. The molecule has 2 N–H and O–H groups in total. The molecule has 0 bridgehead atoms. The lowest BCUT2D eigenvalue weighted by atomic mass is 9.93. The molecule has 0 radical (unpaired) electrons. The molecule has 1 aromatic rings. The third-order valence-electron chi connectivity index (χ3n) is 4.19. The highest BCUT2D eigenvalue weighted by Gasteiger charge is 2.28. The minimum absolute atomic E-state index is 0.225. The van der Waals surface area contributed by atoms with E-state index in [1.807, 2.05) is 12.1 Å². The molecule has 0 amide bonds. The molecule has 4 heteroatoms. The lowest BCUT2D eigenvalue weighted by molar-refractivity contribution is 0.0913. The smallest absolute Gasteiger partial charge is 0.0474 e. The second-order valence-electron chi connectivity index (χ2n) is 5.63. The zero-order valence-electron chi connectivity index (χ0n) is 12.1. The molecule has 0 aromatic heterocycles. The highest BCUT2D eigenvalue weighted by molar-refractivity contribution is 6.34. The van der Waals surface area contributed by atoms with E-state index in [4.69, 9.17) is 28.9 Å². The van der Waals surface area contributed by atoms with Crippen LogP contribution in [0.5, 0.6) is 0 Å². The molecule has 1 aromatic carbocycles. The largest absolute Gasteiger partial charge is 0.329 e. The molecular weight excluding hydrogens is 291 g/mol. The van der Waals surface area contributed by atoms with Gasteiger partial charge < -0.3 is 5.73 Å². The minimum Gasteiger partial charge on any atom is -0.329 e. The van der Waals surface area contributed by atoms with Gasteiger partial charge in [0.25, 0.3) is 0 Å². The summed E-state index contributed by atoms with van der Waals surface area (Å²) in [7, 11) is 0. The summed E-state index contributed by atoms with van der Waals surface area (Å²) >= 11 is 12.3. The van der Waals surface area contributed by atoms with Crippen LogP contribution in [-0.2, 0) is 0 Å². The maximum atomic E-state index is 6.14. The van der Waals surface area contributed by atoms with Gasteiger partial charge in [-0.25, -0.2) is 0 Å². The zero-order valence-corrected chi connectivity index (χ0v) is 13.6. The standard InChI is InChI=1S/C16H24Cl2N2/c1-2-5-15-6-3-4-7-20(15)16(11-19)12-8-13(17)10-14(18)9-12/h8-10,15-16H,2-7,11,19H2,1H3. The van der Waals surface area contributed by atoms with Crippen LogP contribution in [0.15, 0.2) is 18.2 Å². The van der Waals surface area contributed by atoms with Crippen LogP contribution < -0.4 is 5.73 Å². The van der Waals surface area contributed by atoms with Gasteiger partial charge in [-0.15, -0.1) is 0 Å². The molecule has 0 spiro atoms. The monoisotopic (exact) mass is 314 g/mol. The van der Waals surface area contributed by atoms with Gasteiger partial charge >= 0.3 is 0 Å². The third kappa shape index (κ3) is 3.88. The van der Waals surface area contributed by atoms with E-state index in [0.29, 0.717) is 22.6 Å². The van der Waals surface area contributed by atoms with Crippen LogP contribution in [0.1, 0.15) is 50.6 Å². The molecular formula is C16H24Cl2N2. The molecule has 112 valence electrons. The van der Waals surface area contributed by atoms with Crippen LogP contribution in [0.3, 0.4) is 0 Å². The van der Waals surface area contributed by atoms with E-state index < -0.39 is 0 Å². The maximum Gasteiger partial charge on any atom is 0.0474 e. The Morgan fingerprint density at radius 1 is 1.25 bits per heavy atom. The Hall–Kier alpha value is -0.280. The van der Waals surface area contributed by atoms with E-state index in [1.54, 1.807) is 6.07 Å². The summed E-state index contributed by atoms with van der Waals surface area (Å²) in [4.78, 5) is 2.56. The molecule has 2 nitrogen and oxygen atoms in total. The quantitative estimate of drug-likeness (QED) is 0.857. The van der Waals surface area contributed by atoms with Crippen LogP contribution >= 0.6 is 23.2 Å². The molecule has 1 saturated heterocycles. The Bertz CT molecular complexity index is 414. The van der Waals surface area contributed by atoms with Gasteiger partial charge in [0, 0.05) is 28.7 Å². The maximum absolute atomic E-state index is 6.14. The number of hydrogen-bond donors (Lipinski definition) is 1. The van der Waals surface area contributed by atoms with E-state index in [-0.39, 0.29) is 6.04 Å². The number of hydrogen-bond acceptors (Lipinski definition) is 2. The fourth-order valence-corrected chi connectivity index (χ4v) is 3.85. The number of nitrogens with zero attached hydrogens (tertiary/aromatic N) is 1. The highest BCUT2D eigenvalue weighted by atomic mass is 35.5. The summed E-state index contributed by atoms with van der Waals surface area (Å²) in [6.07, 6.45) is 6.32. The van der Waals surface area contributed by atoms with Crippen LogP contribution in [0, 0.1) is 0 Å². The molecule has 1 heterocycles. The van der Waals surface area contributed by atoms with Gasteiger partial charge in [-0.05, 0) is 49.6 Å². The van der Waals surface area contributed by atoms with Crippen LogP contribution in [0.4, 0.5) is 0 Å². The van der Waals surface area contributed by atoms with Crippen LogP contribution in [-0.4, -0.2) is 24.0 Å². The normalized spacial score (nSPS) is 21.9. The van der Waals surface area contributed by atoms with Gasteiger partial charge in [0.1, 0.15) is 0 Å². The summed E-state index contributed by atoms with van der Waals surface area (Å²) in [6, 6.07) is 6.65. The van der Waals surface area contributed by atoms with Crippen molar-refractivity contribution in [1.29, 1.82) is 0 Å². The second-order valence-corrected chi connectivity index (χ2v) is 6.50. The molecule has 2 atom stereocenters. The summed E-state index contributed by atoms with van der Waals surface area (Å²) in [5, 5.41) is 1.38. The lowest BCUT2D eigenvalue weighted by Gasteiger charge is -2.41.